The Hall–Kier alpha value is -4.77. The van der Waals surface area contributed by atoms with Crippen molar-refractivity contribution >= 4 is 52.5 Å². The number of carbonyl (C=O) groups excluding carboxylic acids is 2. The van der Waals surface area contributed by atoms with Crippen molar-refractivity contribution in [3.05, 3.63) is 95.6 Å². The number of nitrogens with one attached hydrogen (secondary N) is 4. The van der Waals surface area contributed by atoms with E-state index in [0.29, 0.717) is 22.7 Å². The number of benzene rings is 3. The van der Waals surface area contributed by atoms with Crippen molar-refractivity contribution in [3.8, 4) is 0 Å². The largest absolute Gasteiger partial charge is 0.480 e. The molecular weight excluding hydrogens is 628 g/mol. The van der Waals surface area contributed by atoms with Crippen molar-refractivity contribution in [2.24, 2.45) is 11.3 Å². The van der Waals surface area contributed by atoms with Gasteiger partial charge >= 0.3 is 11.9 Å². The molecule has 0 aromatic heterocycles. The van der Waals surface area contributed by atoms with Gasteiger partial charge in [0.05, 0.1) is 5.92 Å². The predicted molar refractivity (Wildman–Crippen MR) is 192 cm³/mol. The van der Waals surface area contributed by atoms with E-state index in [-0.39, 0.29) is 36.5 Å². The molecule has 0 bridgehead atoms. The van der Waals surface area contributed by atoms with Gasteiger partial charge < -0.3 is 31.5 Å². The quantitative estimate of drug-likeness (QED) is 0.107. The van der Waals surface area contributed by atoms with Crippen LogP contribution >= 0.6 is 12.2 Å². The van der Waals surface area contributed by atoms with Crippen molar-refractivity contribution < 1.29 is 29.4 Å². The molecule has 0 aliphatic heterocycles. The van der Waals surface area contributed by atoms with Crippen LogP contribution in [0.1, 0.15) is 70.1 Å². The molecule has 256 valence electrons. The fourth-order valence-corrected chi connectivity index (χ4v) is 5.51. The zero-order chi connectivity index (χ0) is 35.4. The third-order valence-corrected chi connectivity index (χ3v) is 7.74. The van der Waals surface area contributed by atoms with Gasteiger partial charge in [-0.25, -0.2) is 9.59 Å². The SMILES string of the molecule is CC(C)CC(C(=O)NC(Cc1ccccc1CC(NC(=O)CC(C)(C)C)C(=O)O)C(=O)O)c1ccc(NC(=S)Nc2ccccc2)cc1. The second-order valence-corrected chi connectivity index (χ2v) is 13.9. The van der Waals surface area contributed by atoms with E-state index in [0.717, 1.165) is 16.9 Å². The zero-order valence-electron chi connectivity index (χ0n) is 28.1. The van der Waals surface area contributed by atoms with Gasteiger partial charge in [-0.2, -0.15) is 0 Å². The van der Waals surface area contributed by atoms with Crippen LogP contribution in [0.5, 0.6) is 0 Å². The predicted octanol–water partition coefficient (Wildman–Crippen LogP) is 5.99. The summed E-state index contributed by atoms with van der Waals surface area (Å²) in [5.41, 5.74) is 3.12. The second-order valence-electron chi connectivity index (χ2n) is 13.5. The standard InChI is InChI=1S/C37H46N4O6S/c1-23(2)19-29(24-15-17-28(18-16-24)39-36(48)38-27-13-7-6-8-14-27)33(43)41-31(35(46)47)21-26-12-10-9-11-25(26)20-30(34(44)45)40-32(42)22-37(3,4)5/h6-18,23,29-31H,19-22H2,1-5H3,(H,40,42)(H,41,43)(H,44,45)(H,46,47)(H2,38,39,48). The summed E-state index contributed by atoms with van der Waals surface area (Å²) in [6, 6.07) is 21.2. The third kappa shape index (κ3) is 12.4. The van der Waals surface area contributed by atoms with E-state index in [1.807, 2.05) is 89.2 Å². The lowest BCUT2D eigenvalue weighted by molar-refractivity contribution is -0.142. The summed E-state index contributed by atoms with van der Waals surface area (Å²) in [7, 11) is 0. The molecule has 3 unspecified atom stereocenters. The maximum absolute atomic E-state index is 13.7. The maximum Gasteiger partial charge on any atom is 0.326 e. The molecule has 10 nitrogen and oxygen atoms in total. The highest BCUT2D eigenvalue weighted by atomic mass is 32.1. The molecule has 2 amide bonds. The van der Waals surface area contributed by atoms with E-state index >= 15 is 0 Å². The van der Waals surface area contributed by atoms with Gasteiger partial charge in [0.2, 0.25) is 11.8 Å². The van der Waals surface area contributed by atoms with Crippen LogP contribution in [0.25, 0.3) is 0 Å². The lowest BCUT2D eigenvalue weighted by Crippen LogP contribution is -2.45. The number of anilines is 2. The highest BCUT2D eigenvalue weighted by Crippen LogP contribution is 2.26. The number of rotatable bonds is 15. The van der Waals surface area contributed by atoms with Gasteiger partial charge in [0.25, 0.3) is 0 Å². The number of aliphatic carboxylic acids is 2. The number of carboxylic acid groups (broad SMARTS) is 2. The fraction of sp³-hybridized carbons (Fsp3) is 0.378. The fourth-order valence-electron chi connectivity index (χ4n) is 5.27. The average molecular weight is 675 g/mol. The van der Waals surface area contributed by atoms with Gasteiger partial charge in [0.15, 0.2) is 5.11 Å². The Balaban J connectivity index is 1.74. The monoisotopic (exact) mass is 674 g/mol. The number of para-hydroxylation sites is 1. The van der Waals surface area contributed by atoms with E-state index in [9.17, 15) is 29.4 Å². The van der Waals surface area contributed by atoms with E-state index in [1.54, 1.807) is 24.3 Å². The van der Waals surface area contributed by atoms with Crippen LogP contribution in [0.15, 0.2) is 78.9 Å². The zero-order valence-corrected chi connectivity index (χ0v) is 28.9. The first-order chi connectivity index (χ1) is 22.6. The number of hydrogen-bond acceptors (Lipinski definition) is 5. The molecule has 0 aliphatic carbocycles. The Morgan fingerprint density at radius 3 is 1.67 bits per heavy atom. The molecule has 3 aromatic rings. The van der Waals surface area contributed by atoms with E-state index in [4.69, 9.17) is 12.2 Å². The van der Waals surface area contributed by atoms with Gasteiger partial charge in [0.1, 0.15) is 12.1 Å². The summed E-state index contributed by atoms with van der Waals surface area (Å²) in [4.78, 5) is 50.7. The van der Waals surface area contributed by atoms with Crippen molar-refractivity contribution in [3.63, 3.8) is 0 Å². The Kier molecular flexibility index (Phi) is 13.7. The molecule has 0 fully saturated rings. The molecular formula is C37H46N4O6S. The topological polar surface area (TPSA) is 157 Å². The first kappa shape index (κ1) is 37.7. The molecule has 0 radical (unpaired) electrons. The minimum atomic E-state index is -1.27. The molecule has 0 saturated carbocycles. The van der Waals surface area contributed by atoms with Gasteiger partial charge in [0, 0.05) is 30.6 Å². The Morgan fingerprint density at radius 2 is 1.19 bits per heavy atom. The molecule has 0 saturated heterocycles. The minimum Gasteiger partial charge on any atom is -0.480 e. The molecule has 11 heteroatoms. The van der Waals surface area contributed by atoms with Crippen LogP contribution in [-0.4, -0.2) is 51.2 Å². The molecule has 3 atom stereocenters. The van der Waals surface area contributed by atoms with Crippen molar-refractivity contribution in [1.82, 2.24) is 10.6 Å². The number of carbonyl (C=O) groups is 4. The van der Waals surface area contributed by atoms with Crippen molar-refractivity contribution in [1.29, 1.82) is 0 Å². The van der Waals surface area contributed by atoms with Crippen molar-refractivity contribution in [2.75, 3.05) is 10.6 Å². The molecule has 6 N–H and O–H groups in total. The summed E-state index contributed by atoms with van der Waals surface area (Å²) in [5.74, 6) is -3.68. The average Bonchev–Trinajstić information content (AvgIpc) is 2.99. The normalized spacial score (nSPS) is 13.1. The molecule has 48 heavy (non-hydrogen) atoms. The molecule has 0 aliphatic rings. The number of thiocarbonyl (C=S) groups is 1. The van der Waals surface area contributed by atoms with Crippen LogP contribution in [0, 0.1) is 11.3 Å². The van der Waals surface area contributed by atoms with Crippen LogP contribution in [-0.2, 0) is 32.0 Å². The Morgan fingerprint density at radius 1 is 0.708 bits per heavy atom. The highest BCUT2D eigenvalue weighted by molar-refractivity contribution is 7.80. The summed E-state index contributed by atoms with van der Waals surface area (Å²) in [5, 5.41) is 32.0. The summed E-state index contributed by atoms with van der Waals surface area (Å²) in [6.07, 6.45) is 0.538. The molecule has 0 spiro atoms. The summed E-state index contributed by atoms with van der Waals surface area (Å²) in [6.45, 7) is 9.65. The molecule has 3 aromatic carbocycles. The summed E-state index contributed by atoms with van der Waals surface area (Å²) >= 11 is 5.42. The first-order valence-electron chi connectivity index (χ1n) is 16.0. The minimum absolute atomic E-state index is 0.0393. The maximum atomic E-state index is 13.7. The van der Waals surface area contributed by atoms with E-state index in [2.05, 4.69) is 21.3 Å². The second kappa shape index (κ2) is 17.4. The lowest BCUT2D eigenvalue weighted by Gasteiger charge is -2.24. The lowest BCUT2D eigenvalue weighted by atomic mass is 9.88. The van der Waals surface area contributed by atoms with Crippen LogP contribution < -0.4 is 21.3 Å². The van der Waals surface area contributed by atoms with Crippen LogP contribution in [0.2, 0.25) is 0 Å². The number of hydrogen-bond donors (Lipinski definition) is 6. The van der Waals surface area contributed by atoms with Crippen molar-refractivity contribution in [2.45, 2.75) is 78.3 Å². The van der Waals surface area contributed by atoms with Crippen LogP contribution in [0.4, 0.5) is 11.4 Å². The third-order valence-electron chi connectivity index (χ3n) is 7.53. The molecule has 3 rings (SSSR count). The van der Waals surface area contributed by atoms with Gasteiger partial charge in [-0.3, -0.25) is 9.59 Å². The first-order valence-corrected chi connectivity index (χ1v) is 16.4. The van der Waals surface area contributed by atoms with E-state index < -0.39 is 35.8 Å². The van der Waals surface area contributed by atoms with Crippen LogP contribution in [0.3, 0.4) is 0 Å². The number of carboxylic acids is 2. The molecule has 0 heterocycles. The highest BCUT2D eigenvalue weighted by Gasteiger charge is 2.29. The summed E-state index contributed by atoms with van der Waals surface area (Å²) < 4.78 is 0. The number of amides is 2. The Bertz CT molecular complexity index is 1570. The Labute approximate surface area is 287 Å². The van der Waals surface area contributed by atoms with Gasteiger partial charge in [-0.1, -0.05) is 89.2 Å². The smallest absolute Gasteiger partial charge is 0.326 e. The van der Waals surface area contributed by atoms with E-state index in [1.165, 1.54) is 0 Å². The van der Waals surface area contributed by atoms with Gasteiger partial charge in [-0.15, -0.1) is 0 Å². The van der Waals surface area contributed by atoms with Gasteiger partial charge in [-0.05, 0) is 70.9 Å².